The average Bonchev–Trinajstić information content (AvgIpc) is 2.48. The van der Waals surface area contributed by atoms with Crippen molar-refractivity contribution in [2.75, 3.05) is 20.2 Å². The molecule has 0 bridgehead atoms. The first-order valence-electron chi connectivity index (χ1n) is 6.82. The molecule has 0 saturated heterocycles. The van der Waals surface area contributed by atoms with Crippen LogP contribution < -0.4 is 10.2 Å². The van der Waals surface area contributed by atoms with Gasteiger partial charge in [0.05, 0.1) is 5.69 Å². The van der Waals surface area contributed by atoms with Crippen molar-refractivity contribution in [3.8, 4) is 5.75 Å². The fourth-order valence-corrected chi connectivity index (χ4v) is 1.93. The van der Waals surface area contributed by atoms with Crippen molar-refractivity contribution in [1.82, 2.24) is 9.88 Å². The van der Waals surface area contributed by atoms with Gasteiger partial charge in [-0.15, -0.1) is 0 Å². The Morgan fingerprint density at radius 2 is 2.05 bits per heavy atom. The Bertz CT molecular complexity index is 552. The lowest BCUT2D eigenvalue weighted by Gasteiger charge is -2.16. The number of ether oxygens (including phenoxy) is 1. The molecular weight excluding hydrogens is 267 g/mol. The van der Waals surface area contributed by atoms with Gasteiger partial charge in [-0.3, -0.25) is 9.88 Å². The van der Waals surface area contributed by atoms with E-state index in [1.807, 2.05) is 25.2 Å². The zero-order chi connectivity index (χ0) is 15.1. The molecule has 21 heavy (non-hydrogen) atoms. The maximum Gasteiger partial charge on any atom is 0.488 e. The molecule has 1 aromatic heterocycles. The van der Waals surface area contributed by atoms with Crippen LogP contribution in [-0.2, 0) is 6.54 Å². The quantitative estimate of drug-likeness (QED) is 0.715. The van der Waals surface area contributed by atoms with Crippen molar-refractivity contribution in [1.29, 1.82) is 0 Å². The smallest absolute Gasteiger partial charge is 0.488 e. The Kier molecular flexibility index (Phi) is 5.74. The van der Waals surface area contributed by atoms with Gasteiger partial charge >= 0.3 is 7.12 Å². The normalized spacial score (nSPS) is 10.7. The van der Waals surface area contributed by atoms with Gasteiger partial charge in [-0.05, 0) is 36.8 Å². The molecule has 0 unspecified atom stereocenters. The summed E-state index contributed by atoms with van der Waals surface area (Å²) < 4.78 is 5.62. The highest BCUT2D eigenvalue weighted by atomic mass is 16.5. The summed E-state index contributed by atoms with van der Waals surface area (Å²) in [6, 6.07) is 12.7. The Balaban J connectivity index is 1.77. The predicted octanol–water partition coefficient (Wildman–Crippen LogP) is 0.272. The lowest BCUT2D eigenvalue weighted by Crippen LogP contribution is -2.29. The molecule has 0 radical (unpaired) electrons. The van der Waals surface area contributed by atoms with E-state index >= 15 is 0 Å². The zero-order valence-electron chi connectivity index (χ0n) is 12.0. The Labute approximate surface area is 125 Å². The van der Waals surface area contributed by atoms with Crippen molar-refractivity contribution in [2.24, 2.45) is 0 Å². The molecule has 110 valence electrons. The van der Waals surface area contributed by atoms with E-state index in [1.165, 1.54) is 0 Å². The second-order valence-electron chi connectivity index (χ2n) is 4.85. The zero-order valence-corrected chi connectivity index (χ0v) is 12.0. The molecule has 0 spiro atoms. The van der Waals surface area contributed by atoms with E-state index in [4.69, 9.17) is 14.8 Å². The van der Waals surface area contributed by atoms with Gasteiger partial charge in [-0.2, -0.15) is 0 Å². The van der Waals surface area contributed by atoms with E-state index in [0.717, 1.165) is 18.8 Å². The molecule has 0 atom stereocenters. The van der Waals surface area contributed by atoms with Gasteiger partial charge in [0.25, 0.3) is 0 Å². The molecule has 0 fully saturated rings. The van der Waals surface area contributed by atoms with Gasteiger partial charge in [-0.1, -0.05) is 18.2 Å². The number of hydrogen-bond donors (Lipinski definition) is 2. The van der Waals surface area contributed by atoms with Crippen molar-refractivity contribution >= 4 is 12.6 Å². The molecule has 1 heterocycles. The molecule has 0 aliphatic rings. The van der Waals surface area contributed by atoms with Crippen LogP contribution in [0.15, 0.2) is 48.7 Å². The molecule has 0 aliphatic carbocycles. The Hall–Kier alpha value is -1.89. The number of hydrogen-bond acceptors (Lipinski definition) is 5. The highest BCUT2D eigenvalue weighted by molar-refractivity contribution is 6.58. The predicted molar refractivity (Wildman–Crippen MR) is 82.3 cm³/mol. The van der Waals surface area contributed by atoms with Crippen molar-refractivity contribution < 1.29 is 14.8 Å². The third-order valence-corrected chi connectivity index (χ3v) is 3.06. The number of pyridine rings is 1. The van der Waals surface area contributed by atoms with Crippen LogP contribution in [0.1, 0.15) is 5.69 Å². The molecule has 0 amide bonds. The Morgan fingerprint density at radius 3 is 2.76 bits per heavy atom. The second kappa shape index (κ2) is 7.78. The first kappa shape index (κ1) is 15.5. The largest absolute Gasteiger partial charge is 0.492 e. The molecule has 6 heteroatoms. The fourth-order valence-electron chi connectivity index (χ4n) is 1.93. The summed E-state index contributed by atoms with van der Waals surface area (Å²) in [5.74, 6) is 0.631. The highest BCUT2D eigenvalue weighted by Gasteiger charge is 2.11. The van der Waals surface area contributed by atoms with Crippen LogP contribution in [0.25, 0.3) is 0 Å². The highest BCUT2D eigenvalue weighted by Crippen LogP contribution is 2.07. The van der Waals surface area contributed by atoms with E-state index in [-0.39, 0.29) is 0 Å². The first-order chi connectivity index (χ1) is 10.1. The summed E-state index contributed by atoms with van der Waals surface area (Å²) >= 11 is 0. The van der Waals surface area contributed by atoms with E-state index in [0.29, 0.717) is 17.8 Å². The van der Waals surface area contributed by atoms with Gasteiger partial charge in [-0.25, -0.2) is 0 Å². The standard InChI is InChI=1S/C15H19BN2O3/c1-18(12-14-6-2-3-8-17-14)9-10-21-15-7-4-5-13(11-15)16(19)20/h2-8,11,19-20H,9-10,12H2,1H3. The molecule has 0 aliphatic heterocycles. The van der Waals surface area contributed by atoms with Crippen LogP contribution in [0.5, 0.6) is 5.75 Å². The molecule has 2 aromatic rings. The SMILES string of the molecule is CN(CCOc1cccc(B(O)O)c1)Cc1ccccn1. The van der Waals surface area contributed by atoms with E-state index in [2.05, 4.69) is 9.88 Å². The number of aromatic nitrogens is 1. The fraction of sp³-hybridized carbons (Fsp3) is 0.267. The minimum absolute atomic E-state index is 0.425. The minimum Gasteiger partial charge on any atom is -0.492 e. The topological polar surface area (TPSA) is 65.8 Å². The first-order valence-corrected chi connectivity index (χ1v) is 6.82. The molecule has 1 aromatic carbocycles. The number of likely N-dealkylation sites (N-methyl/N-ethyl adjacent to an activating group) is 1. The van der Waals surface area contributed by atoms with Gasteiger partial charge in [0.1, 0.15) is 12.4 Å². The molecule has 5 nitrogen and oxygen atoms in total. The second-order valence-corrected chi connectivity index (χ2v) is 4.85. The summed E-state index contributed by atoms with van der Waals surface area (Å²) in [5, 5.41) is 18.2. The van der Waals surface area contributed by atoms with E-state index in [9.17, 15) is 0 Å². The van der Waals surface area contributed by atoms with Crippen molar-refractivity contribution in [3.05, 3.63) is 54.4 Å². The summed E-state index contributed by atoms with van der Waals surface area (Å²) in [7, 11) is 0.534. The lowest BCUT2D eigenvalue weighted by molar-refractivity contribution is 0.231. The minimum atomic E-state index is -1.47. The number of benzene rings is 1. The van der Waals surface area contributed by atoms with Crippen LogP contribution in [0.4, 0.5) is 0 Å². The van der Waals surface area contributed by atoms with Crippen LogP contribution in [0.3, 0.4) is 0 Å². The number of rotatable bonds is 7. The summed E-state index contributed by atoms with van der Waals surface area (Å²) in [4.78, 5) is 6.40. The van der Waals surface area contributed by atoms with Gasteiger partial charge in [0.2, 0.25) is 0 Å². The third-order valence-electron chi connectivity index (χ3n) is 3.06. The van der Waals surface area contributed by atoms with Gasteiger partial charge < -0.3 is 14.8 Å². The maximum absolute atomic E-state index is 9.11. The van der Waals surface area contributed by atoms with Crippen LogP contribution >= 0.6 is 0 Å². The molecule has 0 saturated carbocycles. The molecule has 2 N–H and O–H groups in total. The van der Waals surface area contributed by atoms with Gasteiger partial charge in [0.15, 0.2) is 0 Å². The van der Waals surface area contributed by atoms with Crippen LogP contribution in [-0.4, -0.2) is 47.2 Å². The van der Waals surface area contributed by atoms with E-state index in [1.54, 1.807) is 30.5 Å². The maximum atomic E-state index is 9.11. The number of nitrogens with zero attached hydrogens (tertiary/aromatic N) is 2. The van der Waals surface area contributed by atoms with Crippen molar-refractivity contribution in [2.45, 2.75) is 6.54 Å². The van der Waals surface area contributed by atoms with E-state index < -0.39 is 7.12 Å². The monoisotopic (exact) mass is 286 g/mol. The average molecular weight is 286 g/mol. The molecular formula is C15H19BN2O3. The summed E-state index contributed by atoms with van der Waals surface area (Å²) in [6.07, 6.45) is 1.78. The van der Waals surface area contributed by atoms with Gasteiger partial charge in [0, 0.05) is 19.3 Å². The summed E-state index contributed by atoms with van der Waals surface area (Å²) in [6.45, 7) is 2.04. The third kappa shape index (κ3) is 5.19. The Morgan fingerprint density at radius 1 is 1.19 bits per heavy atom. The van der Waals surface area contributed by atoms with Crippen LogP contribution in [0.2, 0.25) is 0 Å². The van der Waals surface area contributed by atoms with Crippen molar-refractivity contribution in [3.63, 3.8) is 0 Å². The summed E-state index contributed by atoms with van der Waals surface area (Å²) in [5.41, 5.74) is 1.44. The molecule has 2 rings (SSSR count). The lowest BCUT2D eigenvalue weighted by atomic mass is 9.80. The van der Waals surface area contributed by atoms with Crippen LogP contribution in [0, 0.1) is 0 Å².